The fourth-order valence-electron chi connectivity index (χ4n) is 3.13. The van der Waals surface area contributed by atoms with Gasteiger partial charge in [-0.25, -0.2) is 8.42 Å². The van der Waals surface area contributed by atoms with E-state index >= 15 is 0 Å². The van der Waals surface area contributed by atoms with E-state index in [2.05, 4.69) is 5.32 Å². The van der Waals surface area contributed by atoms with Crippen molar-refractivity contribution in [1.29, 1.82) is 0 Å². The van der Waals surface area contributed by atoms with Crippen LogP contribution in [-0.2, 0) is 21.2 Å². The van der Waals surface area contributed by atoms with Crippen molar-refractivity contribution in [2.45, 2.75) is 37.5 Å². The fraction of sp³-hybridized carbons (Fsp3) is 0.350. The Morgan fingerprint density at radius 2 is 1.73 bits per heavy atom. The first-order chi connectivity index (χ1) is 12.5. The smallest absolute Gasteiger partial charge is 0.243 e. The van der Waals surface area contributed by atoms with Crippen LogP contribution in [0.3, 0.4) is 0 Å². The molecular formula is C20H24N2O3S. The number of rotatable bonds is 5. The van der Waals surface area contributed by atoms with Gasteiger partial charge < -0.3 is 5.32 Å². The summed E-state index contributed by atoms with van der Waals surface area (Å²) in [6.07, 6.45) is 3.11. The lowest BCUT2D eigenvalue weighted by molar-refractivity contribution is -0.115. The highest BCUT2D eigenvalue weighted by Crippen LogP contribution is 2.25. The highest BCUT2D eigenvalue weighted by atomic mass is 32.2. The molecule has 6 heteroatoms. The Kier molecular flexibility index (Phi) is 5.74. The summed E-state index contributed by atoms with van der Waals surface area (Å²) in [4.78, 5) is 12.6. The summed E-state index contributed by atoms with van der Waals surface area (Å²) in [7, 11) is -3.51. The minimum absolute atomic E-state index is 0.160. The lowest BCUT2D eigenvalue weighted by Crippen LogP contribution is -2.35. The Balaban J connectivity index is 1.78. The summed E-state index contributed by atoms with van der Waals surface area (Å²) in [5.41, 5.74) is 2.30. The molecule has 1 N–H and O–H groups in total. The van der Waals surface area contributed by atoms with Crippen LogP contribution in [0.4, 0.5) is 5.69 Å². The van der Waals surface area contributed by atoms with E-state index < -0.39 is 10.0 Å². The van der Waals surface area contributed by atoms with E-state index in [9.17, 15) is 13.2 Å². The monoisotopic (exact) mass is 372 g/mol. The molecular weight excluding hydrogens is 348 g/mol. The largest absolute Gasteiger partial charge is 0.326 e. The van der Waals surface area contributed by atoms with Gasteiger partial charge in [0, 0.05) is 18.8 Å². The Bertz CT molecular complexity index is 873. The van der Waals surface area contributed by atoms with Gasteiger partial charge >= 0.3 is 0 Å². The number of hydrogen-bond acceptors (Lipinski definition) is 3. The zero-order valence-corrected chi connectivity index (χ0v) is 15.8. The molecule has 2 aromatic carbocycles. The SMILES string of the molecule is Cc1ccc(S(=O)(=O)N2CCCCC2)cc1NC(=O)Cc1ccccc1. The highest BCUT2D eigenvalue weighted by Gasteiger charge is 2.26. The van der Waals surface area contributed by atoms with Crippen molar-refractivity contribution in [2.24, 2.45) is 0 Å². The van der Waals surface area contributed by atoms with Crippen LogP contribution in [-0.4, -0.2) is 31.7 Å². The van der Waals surface area contributed by atoms with Gasteiger partial charge in [0.25, 0.3) is 0 Å². The molecule has 1 fully saturated rings. The Morgan fingerprint density at radius 3 is 2.42 bits per heavy atom. The quantitative estimate of drug-likeness (QED) is 0.875. The van der Waals surface area contributed by atoms with Gasteiger partial charge in [0.2, 0.25) is 15.9 Å². The van der Waals surface area contributed by atoms with E-state index in [4.69, 9.17) is 0 Å². The average Bonchev–Trinajstić information content (AvgIpc) is 2.65. The average molecular weight is 372 g/mol. The molecule has 1 heterocycles. The van der Waals surface area contributed by atoms with Gasteiger partial charge in [0.1, 0.15) is 0 Å². The number of carbonyl (C=O) groups is 1. The number of nitrogens with one attached hydrogen (secondary N) is 1. The van der Waals surface area contributed by atoms with E-state index in [0.29, 0.717) is 18.8 Å². The number of piperidine rings is 1. The van der Waals surface area contributed by atoms with Gasteiger partial charge in [0.05, 0.1) is 11.3 Å². The molecule has 0 unspecified atom stereocenters. The molecule has 5 nitrogen and oxygen atoms in total. The van der Waals surface area contributed by atoms with E-state index in [-0.39, 0.29) is 17.2 Å². The van der Waals surface area contributed by atoms with Crippen LogP contribution < -0.4 is 5.32 Å². The van der Waals surface area contributed by atoms with Crippen molar-refractivity contribution in [3.05, 3.63) is 59.7 Å². The zero-order chi connectivity index (χ0) is 18.6. The first kappa shape index (κ1) is 18.6. The third kappa shape index (κ3) is 4.31. The molecule has 3 rings (SSSR count). The number of carbonyl (C=O) groups excluding carboxylic acids is 1. The number of sulfonamides is 1. The van der Waals surface area contributed by atoms with E-state index in [1.54, 1.807) is 18.2 Å². The third-order valence-electron chi connectivity index (χ3n) is 4.64. The summed E-state index contributed by atoms with van der Waals surface area (Å²) in [5.74, 6) is -0.160. The highest BCUT2D eigenvalue weighted by molar-refractivity contribution is 7.89. The van der Waals surface area contributed by atoms with Crippen LogP contribution in [0.15, 0.2) is 53.4 Å². The standard InChI is InChI=1S/C20H24N2O3S/c1-16-10-11-18(26(24,25)22-12-6-3-7-13-22)15-19(16)21-20(23)14-17-8-4-2-5-9-17/h2,4-5,8-11,15H,3,6-7,12-14H2,1H3,(H,21,23). The lowest BCUT2D eigenvalue weighted by atomic mass is 10.1. The van der Waals surface area contributed by atoms with Gasteiger partial charge in [0.15, 0.2) is 0 Å². The van der Waals surface area contributed by atoms with E-state index in [0.717, 1.165) is 30.4 Å². The van der Waals surface area contributed by atoms with Crippen LogP contribution in [0, 0.1) is 6.92 Å². The molecule has 0 saturated carbocycles. The molecule has 0 spiro atoms. The normalized spacial score (nSPS) is 15.6. The van der Waals surface area contributed by atoms with Crippen molar-refractivity contribution in [3.63, 3.8) is 0 Å². The Hall–Kier alpha value is -2.18. The summed E-state index contributed by atoms with van der Waals surface area (Å²) in [6, 6.07) is 14.4. The predicted molar refractivity (Wildman–Crippen MR) is 103 cm³/mol. The second-order valence-electron chi connectivity index (χ2n) is 6.65. The topological polar surface area (TPSA) is 66.5 Å². The maximum Gasteiger partial charge on any atom is 0.243 e. The molecule has 26 heavy (non-hydrogen) atoms. The molecule has 0 aromatic heterocycles. The molecule has 0 aliphatic carbocycles. The van der Waals surface area contributed by atoms with Crippen molar-refractivity contribution < 1.29 is 13.2 Å². The Labute approximate surface area is 155 Å². The maximum atomic E-state index is 12.8. The van der Waals surface area contributed by atoms with Crippen LogP contribution in [0.2, 0.25) is 0 Å². The first-order valence-corrected chi connectivity index (χ1v) is 10.4. The summed E-state index contributed by atoms with van der Waals surface area (Å²) >= 11 is 0. The number of hydrogen-bond donors (Lipinski definition) is 1. The van der Waals surface area contributed by atoms with Crippen molar-refractivity contribution in [3.8, 4) is 0 Å². The summed E-state index contributed by atoms with van der Waals surface area (Å²) in [5, 5.41) is 2.85. The number of anilines is 1. The summed E-state index contributed by atoms with van der Waals surface area (Å²) in [6.45, 7) is 2.98. The van der Waals surface area contributed by atoms with E-state index in [1.807, 2.05) is 37.3 Å². The molecule has 2 aromatic rings. The minimum Gasteiger partial charge on any atom is -0.326 e. The summed E-state index contributed by atoms with van der Waals surface area (Å²) < 4.78 is 27.2. The molecule has 0 bridgehead atoms. The van der Waals surface area contributed by atoms with E-state index in [1.165, 1.54) is 4.31 Å². The zero-order valence-electron chi connectivity index (χ0n) is 14.9. The molecule has 1 saturated heterocycles. The maximum absolute atomic E-state index is 12.8. The number of aryl methyl sites for hydroxylation is 1. The third-order valence-corrected chi connectivity index (χ3v) is 6.54. The molecule has 138 valence electrons. The molecule has 0 atom stereocenters. The number of benzene rings is 2. The molecule has 1 amide bonds. The number of nitrogens with zero attached hydrogens (tertiary/aromatic N) is 1. The van der Waals surface area contributed by atoms with Crippen molar-refractivity contribution >= 4 is 21.6 Å². The number of amides is 1. The van der Waals surface area contributed by atoms with Crippen LogP contribution in [0.5, 0.6) is 0 Å². The van der Waals surface area contributed by atoms with Gasteiger partial charge in [-0.15, -0.1) is 0 Å². The van der Waals surface area contributed by atoms with Gasteiger partial charge in [-0.1, -0.05) is 42.8 Å². The van der Waals surface area contributed by atoms with Crippen molar-refractivity contribution in [2.75, 3.05) is 18.4 Å². The molecule has 0 radical (unpaired) electrons. The van der Waals surface area contributed by atoms with Crippen LogP contribution in [0.25, 0.3) is 0 Å². The molecule has 1 aliphatic rings. The van der Waals surface area contributed by atoms with Crippen LogP contribution >= 0.6 is 0 Å². The van der Waals surface area contributed by atoms with Gasteiger partial charge in [-0.2, -0.15) is 4.31 Å². The van der Waals surface area contributed by atoms with Gasteiger partial charge in [-0.05, 0) is 43.0 Å². The second-order valence-corrected chi connectivity index (χ2v) is 8.59. The minimum atomic E-state index is -3.51. The van der Waals surface area contributed by atoms with Crippen molar-refractivity contribution in [1.82, 2.24) is 4.31 Å². The second kappa shape index (κ2) is 8.01. The predicted octanol–water partition coefficient (Wildman–Crippen LogP) is 3.35. The Morgan fingerprint density at radius 1 is 1.04 bits per heavy atom. The fourth-order valence-corrected chi connectivity index (χ4v) is 4.67. The first-order valence-electron chi connectivity index (χ1n) is 8.91. The lowest BCUT2D eigenvalue weighted by Gasteiger charge is -2.26. The molecule has 1 aliphatic heterocycles. The van der Waals surface area contributed by atoms with Gasteiger partial charge in [-0.3, -0.25) is 4.79 Å². The van der Waals surface area contributed by atoms with Crippen LogP contribution in [0.1, 0.15) is 30.4 Å².